The fourth-order valence-electron chi connectivity index (χ4n) is 1.35. The molecule has 1 aromatic heterocycles. The quantitative estimate of drug-likeness (QED) is 0.517. The van der Waals surface area contributed by atoms with Crippen molar-refractivity contribution in [2.24, 2.45) is 5.84 Å². The molecule has 1 aliphatic rings. The fourth-order valence-corrected chi connectivity index (χ4v) is 1.62. The first-order valence-corrected chi connectivity index (χ1v) is 4.48. The Morgan fingerprint density at radius 3 is 3.07 bits per heavy atom. The molecule has 0 atom stereocenters. The van der Waals surface area contributed by atoms with Gasteiger partial charge in [-0.3, -0.25) is 0 Å². The van der Waals surface area contributed by atoms with Gasteiger partial charge in [0.1, 0.15) is 12.3 Å². The smallest absolute Gasteiger partial charge is 0.207 e. The molecule has 0 unspecified atom stereocenters. The summed E-state index contributed by atoms with van der Waals surface area (Å²) >= 11 is 5.90. The summed E-state index contributed by atoms with van der Waals surface area (Å²) in [4.78, 5) is 1.96. The van der Waals surface area contributed by atoms with Crippen molar-refractivity contribution in [3.63, 3.8) is 0 Å². The third-order valence-corrected chi connectivity index (χ3v) is 2.31. The van der Waals surface area contributed by atoms with Crippen molar-refractivity contribution in [1.82, 2.24) is 10.2 Å². The molecule has 0 fully saturated rings. The number of fused-ring (bicyclic) bond motifs is 1. The Morgan fingerprint density at radius 2 is 2.36 bits per heavy atom. The molecule has 0 saturated heterocycles. The number of nitrogens with one attached hydrogen (secondary N) is 1. The summed E-state index contributed by atoms with van der Waals surface area (Å²) in [7, 11) is 1.91. The molecule has 0 saturated carbocycles. The van der Waals surface area contributed by atoms with Crippen LogP contribution in [0.2, 0.25) is 5.15 Å². The van der Waals surface area contributed by atoms with E-state index in [2.05, 4.69) is 15.6 Å². The first-order chi connectivity index (χ1) is 6.74. The minimum absolute atomic E-state index is 0.321. The number of rotatable bonds is 1. The first kappa shape index (κ1) is 9.29. The second-order valence-corrected chi connectivity index (χ2v) is 3.29. The maximum atomic E-state index is 5.90. The van der Waals surface area contributed by atoms with Crippen molar-refractivity contribution >= 4 is 23.1 Å². The number of hydrogen-bond acceptors (Lipinski definition) is 6. The normalized spacial score (nSPS) is 14.6. The van der Waals surface area contributed by atoms with E-state index in [4.69, 9.17) is 22.2 Å². The van der Waals surface area contributed by atoms with E-state index in [1.165, 1.54) is 0 Å². The van der Waals surface area contributed by atoms with Crippen LogP contribution in [-0.2, 0) is 0 Å². The zero-order valence-electron chi connectivity index (χ0n) is 7.62. The molecule has 0 spiro atoms. The molecular formula is C7H10ClN5O. The van der Waals surface area contributed by atoms with Gasteiger partial charge in [-0.25, -0.2) is 5.84 Å². The second-order valence-electron chi connectivity index (χ2n) is 2.93. The Kier molecular flexibility index (Phi) is 2.30. The maximum absolute atomic E-state index is 5.90. The highest BCUT2D eigenvalue weighted by Gasteiger charge is 2.23. The lowest BCUT2D eigenvalue weighted by Gasteiger charge is -2.28. The minimum atomic E-state index is 0.321. The third kappa shape index (κ3) is 1.32. The van der Waals surface area contributed by atoms with Crippen molar-refractivity contribution in [3.05, 3.63) is 5.15 Å². The maximum Gasteiger partial charge on any atom is 0.207 e. The lowest BCUT2D eigenvalue weighted by atomic mass is 10.3. The molecule has 0 aromatic carbocycles. The molecule has 14 heavy (non-hydrogen) atoms. The zero-order valence-corrected chi connectivity index (χ0v) is 8.38. The van der Waals surface area contributed by atoms with Gasteiger partial charge in [0, 0.05) is 7.05 Å². The summed E-state index contributed by atoms with van der Waals surface area (Å²) in [6.45, 7) is 1.35. The highest BCUT2D eigenvalue weighted by Crippen LogP contribution is 2.39. The number of nitrogens with two attached hydrogens (primary N) is 1. The third-order valence-electron chi connectivity index (χ3n) is 2.05. The van der Waals surface area contributed by atoms with Gasteiger partial charge in [-0.2, -0.15) is 0 Å². The minimum Gasteiger partial charge on any atom is -0.486 e. The van der Waals surface area contributed by atoms with Crippen LogP contribution in [0.15, 0.2) is 0 Å². The molecule has 6 nitrogen and oxygen atoms in total. The summed E-state index contributed by atoms with van der Waals surface area (Å²) in [6.07, 6.45) is 0. The Morgan fingerprint density at radius 1 is 1.57 bits per heavy atom. The van der Waals surface area contributed by atoms with E-state index in [0.29, 0.717) is 23.3 Å². The van der Waals surface area contributed by atoms with Crippen LogP contribution in [0.4, 0.5) is 11.5 Å². The van der Waals surface area contributed by atoms with Crippen LogP contribution in [0, 0.1) is 0 Å². The molecule has 0 amide bonds. The molecule has 2 rings (SSSR count). The van der Waals surface area contributed by atoms with E-state index in [-0.39, 0.29) is 0 Å². The second kappa shape index (κ2) is 3.47. The topological polar surface area (TPSA) is 76.3 Å². The highest BCUT2D eigenvalue weighted by atomic mass is 35.5. The zero-order chi connectivity index (χ0) is 10.1. The summed E-state index contributed by atoms with van der Waals surface area (Å²) in [5, 5.41) is 7.86. The van der Waals surface area contributed by atoms with Gasteiger partial charge in [0.15, 0.2) is 10.9 Å². The van der Waals surface area contributed by atoms with Gasteiger partial charge >= 0.3 is 0 Å². The number of aromatic nitrogens is 2. The first-order valence-electron chi connectivity index (χ1n) is 4.10. The van der Waals surface area contributed by atoms with Gasteiger partial charge in [0.05, 0.1) is 6.54 Å². The number of likely N-dealkylation sites (N-methyl/N-ethyl adjacent to an activating group) is 1. The van der Waals surface area contributed by atoms with Gasteiger partial charge in [-0.1, -0.05) is 11.6 Å². The van der Waals surface area contributed by atoms with E-state index >= 15 is 0 Å². The molecule has 3 N–H and O–H groups in total. The largest absolute Gasteiger partial charge is 0.486 e. The predicted octanol–water partition coefficient (Wildman–Crippen LogP) is 0.244. The average molecular weight is 216 g/mol. The van der Waals surface area contributed by atoms with E-state index in [0.717, 1.165) is 12.2 Å². The summed E-state index contributed by atoms with van der Waals surface area (Å²) in [5.74, 6) is 6.23. The average Bonchev–Trinajstić information content (AvgIpc) is 2.18. The van der Waals surface area contributed by atoms with Crippen molar-refractivity contribution < 1.29 is 4.74 Å². The molecule has 7 heteroatoms. The summed E-state index contributed by atoms with van der Waals surface area (Å²) in [5.41, 5.74) is 3.14. The van der Waals surface area contributed by atoms with Crippen molar-refractivity contribution in [3.8, 4) is 5.75 Å². The number of halogens is 1. The number of hydrogen-bond donors (Lipinski definition) is 2. The van der Waals surface area contributed by atoms with Crippen molar-refractivity contribution in [1.29, 1.82) is 0 Å². The number of nitrogens with zero attached hydrogens (tertiary/aromatic N) is 3. The van der Waals surface area contributed by atoms with Crippen LogP contribution < -0.4 is 20.9 Å². The van der Waals surface area contributed by atoms with Crippen molar-refractivity contribution in [2.45, 2.75) is 0 Å². The van der Waals surface area contributed by atoms with Gasteiger partial charge in [0.25, 0.3) is 0 Å². The molecular weight excluding hydrogens is 206 g/mol. The predicted molar refractivity (Wildman–Crippen MR) is 53.6 cm³/mol. The lowest BCUT2D eigenvalue weighted by molar-refractivity contribution is 0.311. The van der Waals surface area contributed by atoms with Crippen LogP contribution >= 0.6 is 11.6 Å². The van der Waals surface area contributed by atoms with E-state index in [9.17, 15) is 0 Å². The Hall–Kier alpha value is -1.27. The van der Waals surface area contributed by atoms with Gasteiger partial charge in [-0.05, 0) is 0 Å². The van der Waals surface area contributed by atoms with E-state index in [1.807, 2.05) is 11.9 Å². The van der Waals surface area contributed by atoms with Crippen LogP contribution in [-0.4, -0.2) is 30.4 Å². The SMILES string of the molecule is CN1CCOc2c(NN)nnc(Cl)c21. The molecule has 1 aromatic rings. The van der Waals surface area contributed by atoms with Crippen molar-refractivity contribution in [2.75, 3.05) is 30.5 Å². The van der Waals surface area contributed by atoms with Crippen LogP contribution in [0.1, 0.15) is 0 Å². The molecule has 2 heterocycles. The molecule has 1 aliphatic heterocycles. The molecule has 0 bridgehead atoms. The summed E-state index contributed by atoms with van der Waals surface area (Å²) < 4.78 is 5.43. The van der Waals surface area contributed by atoms with Gasteiger partial charge in [0.2, 0.25) is 5.82 Å². The standard InChI is InChI=1S/C7H10ClN5O/c1-13-2-3-14-5-4(13)6(8)11-12-7(5)10-9/h2-3,9H2,1H3,(H,10,12). The van der Waals surface area contributed by atoms with Crippen LogP contribution in [0.3, 0.4) is 0 Å². The molecule has 76 valence electrons. The number of hydrazine groups is 1. The van der Waals surface area contributed by atoms with Crippen LogP contribution in [0.5, 0.6) is 5.75 Å². The Balaban J connectivity index is 2.57. The monoisotopic (exact) mass is 215 g/mol. The molecule has 0 aliphatic carbocycles. The van der Waals surface area contributed by atoms with E-state index in [1.54, 1.807) is 0 Å². The van der Waals surface area contributed by atoms with Crippen LogP contribution in [0.25, 0.3) is 0 Å². The summed E-state index contributed by atoms with van der Waals surface area (Å²) in [6, 6.07) is 0. The molecule has 0 radical (unpaired) electrons. The van der Waals surface area contributed by atoms with Gasteiger partial charge < -0.3 is 15.1 Å². The lowest BCUT2D eigenvalue weighted by Crippen LogP contribution is -2.30. The highest BCUT2D eigenvalue weighted by molar-refractivity contribution is 6.32. The number of anilines is 2. The Bertz CT molecular complexity index is 358. The number of nitrogen functional groups attached to an aromatic ring is 1. The van der Waals surface area contributed by atoms with E-state index < -0.39 is 0 Å². The fraction of sp³-hybridized carbons (Fsp3) is 0.429. The Labute approximate surface area is 86.0 Å². The number of ether oxygens (including phenoxy) is 1. The van der Waals surface area contributed by atoms with Gasteiger partial charge in [-0.15, -0.1) is 10.2 Å².